The number of benzene rings is 1. The molecule has 0 aliphatic carbocycles. The Kier molecular flexibility index (Phi) is 5.86. The van der Waals surface area contributed by atoms with Crippen molar-refractivity contribution >= 4 is 5.84 Å². The molecule has 0 aromatic heterocycles. The lowest BCUT2D eigenvalue weighted by Gasteiger charge is -2.22. The van der Waals surface area contributed by atoms with Gasteiger partial charge in [-0.1, -0.05) is 45.0 Å². The van der Waals surface area contributed by atoms with Gasteiger partial charge in [-0.2, -0.15) is 0 Å². The molecule has 0 bridgehead atoms. The Bertz CT molecular complexity index is 454. The van der Waals surface area contributed by atoms with Crippen LogP contribution in [0.2, 0.25) is 0 Å². The summed E-state index contributed by atoms with van der Waals surface area (Å²) < 4.78 is 5.76. The van der Waals surface area contributed by atoms with Gasteiger partial charge in [0.05, 0.1) is 6.61 Å². The first-order chi connectivity index (χ1) is 9.36. The third kappa shape index (κ3) is 4.76. The number of nitrogens with two attached hydrogens (primary N) is 1. The summed E-state index contributed by atoms with van der Waals surface area (Å²) in [7, 11) is 0. The van der Waals surface area contributed by atoms with Crippen LogP contribution < -0.4 is 10.5 Å². The first-order valence-electron chi connectivity index (χ1n) is 7.07. The van der Waals surface area contributed by atoms with Gasteiger partial charge in [-0.15, -0.1) is 0 Å². The molecular formula is C16H26N2O2. The van der Waals surface area contributed by atoms with E-state index in [0.29, 0.717) is 12.5 Å². The molecule has 0 spiro atoms. The van der Waals surface area contributed by atoms with E-state index in [2.05, 4.69) is 31.1 Å². The van der Waals surface area contributed by atoms with E-state index in [0.717, 1.165) is 18.6 Å². The Hall–Kier alpha value is -1.71. The molecule has 1 aromatic rings. The van der Waals surface area contributed by atoms with Gasteiger partial charge in [-0.3, -0.25) is 0 Å². The topological polar surface area (TPSA) is 67.8 Å². The van der Waals surface area contributed by atoms with Crippen molar-refractivity contribution in [3.05, 3.63) is 29.8 Å². The number of oxime groups is 1. The zero-order valence-electron chi connectivity index (χ0n) is 12.9. The maximum Gasteiger partial charge on any atom is 0.144 e. The molecule has 0 fully saturated rings. The highest BCUT2D eigenvalue weighted by molar-refractivity contribution is 5.85. The van der Waals surface area contributed by atoms with Gasteiger partial charge in [0.2, 0.25) is 0 Å². The van der Waals surface area contributed by atoms with Crippen LogP contribution in [0.1, 0.15) is 52.0 Å². The molecule has 1 aromatic carbocycles. The third-order valence-corrected chi connectivity index (χ3v) is 3.54. The maximum absolute atomic E-state index is 8.72. The van der Waals surface area contributed by atoms with E-state index in [9.17, 15) is 0 Å². The van der Waals surface area contributed by atoms with Crippen LogP contribution in [0.4, 0.5) is 0 Å². The summed E-state index contributed by atoms with van der Waals surface area (Å²) in [5.41, 5.74) is 6.63. The quantitative estimate of drug-likeness (QED) is 0.262. The van der Waals surface area contributed by atoms with Gasteiger partial charge >= 0.3 is 0 Å². The van der Waals surface area contributed by atoms with Crippen molar-refractivity contribution in [3.8, 4) is 5.75 Å². The van der Waals surface area contributed by atoms with Crippen LogP contribution >= 0.6 is 0 Å². The predicted octanol–water partition coefficient (Wildman–Crippen LogP) is 3.74. The summed E-state index contributed by atoms with van der Waals surface area (Å²) in [4.78, 5) is 0. The minimum atomic E-state index is -0.308. The van der Waals surface area contributed by atoms with Crippen LogP contribution in [0, 0.1) is 5.41 Å². The monoisotopic (exact) mass is 278 g/mol. The number of nitrogens with zero attached hydrogens (tertiary/aromatic N) is 1. The van der Waals surface area contributed by atoms with Crippen LogP contribution in [0.25, 0.3) is 0 Å². The largest absolute Gasteiger partial charge is 0.494 e. The Balaban J connectivity index is 2.44. The summed E-state index contributed by atoms with van der Waals surface area (Å²) in [6.45, 7) is 8.88. The maximum atomic E-state index is 8.72. The first-order valence-corrected chi connectivity index (χ1v) is 7.07. The summed E-state index contributed by atoms with van der Waals surface area (Å²) in [5, 5.41) is 11.8. The van der Waals surface area contributed by atoms with E-state index in [1.165, 1.54) is 5.56 Å². The van der Waals surface area contributed by atoms with Gasteiger partial charge in [-0.25, -0.2) is 0 Å². The van der Waals surface area contributed by atoms with E-state index in [-0.39, 0.29) is 11.3 Å². The van der Waals surface area contributed by atoms with Crippen LogP contribution in [0.5, 0.6) is 5.75 Å². The zero-order chi connectivity index (χ0) is 15.2. The SMILES string of the molecule is CC(C)c1cccc(OCCCC(C)(C)C(N)=NO)c1. The van der Waals surface area contributed by atoms with Crippen molar-refractivity contribution in [2.75, 3.05) is 6.61 Å². The highest BCUT2D eigenvalue weighted by Crippen LogP contribution is 2.23. The average molecular weight is 278 g/mol. The molecule has 4 nitrogen and oxygen atoms in total. The fraction of sp³-hybridized carbons (Fsp3) is 0.562. The fourth-order valence-corrected chi connectivity index (χ4v) is 1.93. The molecule has 0 aliphatic rings. The summed E-state index contributed by atoms with van der Waals surface area (Å²) in [6, 6.07) is 8.18. The number of hydrogen-bond acceptors (Lipinski definition) is 3. The lowest BCUT2D eigenvalue weighted by molar-refractivity contribution is 0.277. The molecule has 0 atom stereocenters. The lowest BCUT2D eigenvalue weighted by atomic mass is 9.87. The number of ether oxygens (including phenoxy) is 1. The molecule has 4 heteroatoms. The first kappa shape index (κ1) is 16.3. The van der Waals surface area contributed by atoms with E-state index in [4.69, 9.17) is 15.7 Å². The summed E-state index contributed by atoms with van der Waals surface area (Å²) in [5.74, 6) is 1.66. The van der Waals surface area contributed by atoms with Crippen LogP contribution in [0.3, 0.4) is 0 Å². The van der Waals surface area contributed by atoms with Crippen molar-refractivity contribution < 1.29 is 9.94 Å². The number of amidine groups is 1. The molecule has 0 saturated heterocycles. The van der Waals surface area contributed by atoms with Gasteiger partial charge in [0.25, 0.3) is 0 Å². The third-order valence-electron chi connectivity index (χ3n) is 3.54. The van der Waals surface area contributed by atoms with Crippen molar-refractivity contribution in [2.45, 2.75) is 46.5 Å². The van der Waals surface area contributed by atoms with Crippen molar-refractivity contribution in [1.82, 2.24) is 0 Å². The molecular weight excluding hydrogens is 252 g/mol. The van der Waals surface area contributed by atoms with Crippen LogP contribution in [0.15, 0.2) is 29.4 Å². The van der Waals surface area contributed by atoms with Crippen LogP contribution in [-0.4, -0.2) is 17.6 Å². The Morgan fingerprint density at radius 1 is 1.40 bits per heavy atom. The number of rotatable bonds is 7. The van der Waals surface area contributed by atoms with Crippen molar-refractivity contribution in [1.29, 1.82) is 0 Å². The highest BCUT2D eigenvalue weighted by Gasteiger charge is 2.22. The average Bonchev–Trinajstić information content (AvgIpc) is 2.43. The van der Waals surface area contributed by atoms with Gasteiger partial charge < -0.3 is 15.7 Å². The van der Waals surface area contributed by atoms with E-state index in [1.54, 1.807) is 0 Å². The smallest absolute Gasteiger partial charge is 0.144 e. The Labute approximate surface area is 121 Å². The summed E-state index contributed by atoms with van der Waals surface area (Å²) in [6.07, 6.45) is 1.67. The van der Waals surface area contributed by atoms with Gasteiger partial charge in [0.15, 0.2) is 0 Å². The molecule has 112 valence electrons. The summed E-state index contributed by atoms with van der Waals surface area (Å²) >= 11 is 0. The van der Waals surface area contributed by atoms with Crippen molar-refractivity contribution in [2.24, 2.45) is 16.3 Å². The predicted molar refractivity (Wildman–Crippen MR) is 82.4 cm³/mol. The Morgan fingerprint density at radius 2 is 2.10 bits per heavy atom. The molecule has 0 radical (unpaired) electrons. The molecule has 0 heterocycles. The second kappa shape index (κ2) is 7.17. The van der Waals surface area contributed by atoms with Crippen molar-refractivity contribution in [3.63, 3.8) is 0 Å². The molecule has 3 N–H and O–H groups in total. The minimum absolute atomic E-state index is 0.263. The minimum Gasteiger partial charge on any atom is -0.494 e. The molecule has 1 rings (SSSR count). The standard InChI is InChI=1S/C16H26N2O2/c1-12(2)13-7-5-8-14(11-13)20-10-6-9-16(3,4)15(17)18-19/h5,7-8,11-12,19H,6,9-10H2,1-4H3,(H2,17,18). The van der Waals surface area contributed by atoms with E-state index in [1.807, 2.05) is 26.0 Å². The number of hydrogen-bond donors (Lipinski definition) is 2. The Morgan fingerprint density at radius 3 is 2.70 bits per heavy atom. The molecule has 20 heavy (non-hydrogen) atoms. The van der Waals surface area contributed by atoms with Gasteiger partial charge in [0.1, 0.15) is 11.6 Å². The normalized spacial score (nSPS) is 12.8. The van der Waals surface area contributed by atoms with Gasteiger partial charge in [0, 0.05) is 5.41 Å². The molecule has 0 aliphatic heterocycles. The molecule has 0 unspecified atom stereocenters. The fourth-order valence-electron chi connectivity index (χ4n) is 1.93. The van der Waals surface area contributed by atoms with Gasteiger partial charge in [-0.05, 0) is 36.5 Å². The van der Waals surface area contributed by atoms with Crippen LogP contribution in [-0.2, 0) is 0 Å². The van der Waals surface area contributed by atoms with E-state index >= 15 is 0 Å². The second-order valence-corrected chi connectivity index (χ2v) is 6.05. The molecule has 0 amide bonds. The highest BCUT2D eigenvalue weighted by atomic mass is 16.5. The lowest BCUT2D eigenvalue weighted by Crippen LogP contribution is -2.32. The van der Waals surface area contributed by atoms with E-state index < -0.39 is 0 Å². The second-order valence-electron chi connectivity index (χ2n) is 6.05. The molecule has 0 saturated carbocycles. The zero-order valence-corrected chi connectivity index (χ0v) is 12.9.